The van der Waals surface area contributed by atoms with Crippen LogP contribution in [-0.2, 0) is 4.79 Å². The first-order valence-corrected chi connectivity index (χ1v) is 9.90. The number of halogens is 1. The molecule has 0 N–H and O–H groups in total. The lowest BCUT2D eigenvalue weighted by Gasteiger charge is -2.30. The van der Waals surface area contributed by atoms with E-state index in [0.717, 1.165) is 16.9 Å². The number of anilines is 2. The summed E-state index contributed by atoms with van der Waals surface area (Å²) in [5, 5.41) is 1.38. The first kappa shape index (κ1) is 17.8. The SMILES string of the molecule is O=C1C[C@H](c2ccc(Cl)cc2)SC(N(c2ccccc2)c2ccccc2)=N1. The third kappa shape index (κ3) is 4.07. The van der Waals surface area contributed by atoms with Crippen LogP contribution in [0.1, 0.15) is 17.2 Å². The zero-order chi connectivity index (χ0) is 18.6. The van der Waals surface area contributed by atoms with E-state index >= 15 is 0 Å². The van der Waals surface area contributed by atoms with Crippen LogP contribution in [-0.4, -0.2) is 11.1 Å². The van der Waals surface area contributed by atoms with Crippen LogP contribution >= 0.6 is 23.4 Å². The lowest BCUT2D eigenvalue weighted by Crippen LogP contribution is -2.28. The van der Waals surface area contributed by atoms with Crippen molar-refractivity contribution in [2.45, 2.75) is 11.7 Å². The first-order chi connectivity index (χ1) is 13.2. The Morgan fingerprint density at radius 3 is 1.96 bits per heavy atom. The molecule has 1 atom stereocenters. The number of carbonyl (C=O) groups is 1. The van der Waals surface area contributed by atoms with Gasteiger partial charge in [-0.25, -0.2) is 0 Å². The molecule has 0 fully saturated rings. The summed E-state index contributed by atoms with van der Waals surface area (Å²) in [4.78, 5) is 18.8. The molecule has 0 radical (unpaired) electrons. The van der Waals surface area contributed by atoms with Gasteiger partial charge in [-0.15, -0.1) is 0 Å². The Kier molecular flexibility index (Phi) is 5.28. The molecule has 1 heterocycles. The van der Waals surface area contributed by atoms with Crippen molar-refractivity contribution in [3.8, 4) is 0 Å². The van der Waals surface area contributed by atoms with Gasteiger partial charge < -0.3 is 0 Å². The minimum absolute atomic E-state index is 0.0113. The molecule has 1 aliphatic heterocycles. The van der Waals surface area contributed by atoms with Crippen molar-refractivity contribution in [3.63, 3.8) is 0 Å². The van der Waals surface area contributed by atoms with Gasteiger partial charge in [-0.1, -0.05) is 71.9 Å². The van der Waals surface area contributed by atoms with Gasteiger partial charge in [0.2, 0.25) is 5.91 Å². The van der Waals surface area contributed by atoms with Gasteiger partial charge in [-0.2, -0.15) is 4.99 Å². The molecule has 0 bridgehead atoms. The highest BCUT2D eigenvalue weighted by atomic mass is 35.5. The monoisotopic (exact) mass is 392 g/mol. The average Bonchev–Trinajstić information content (AvgIpc) is 2.70. The molecule has 3 aromatic rings. The van der Waals surface area contributed by atoms with Gasteiger partial charge in [-0.05, 0) is 42.0 Å². The molecular formula is C22H17ClN2OS. The molecule has 0 aliphatic carbocycles. The molecule has 27 heavy (non-hydrogen) atoms. The Bertz CT molecular complexity index is 919. The Hall–Kier alpha value is -2.56. The zero-order valence-electron chi connectivity index (χ0n) is 14.5. The number of hydrogen-bond donors (Lipinski definition) is 0. The third-order valence-electron chi connectivity index (χ3n) is 4.29. The standard InChI is InChI=1S/C22H17ClN2OS/c23-17-13-11-16(12-14-17)20-15-21(26)24-22(27-20)25(18-7-3-1-4-8-18)19-9-5-2-6-10-19/h1-14,20H,15H2/t20-/m1/s1. The van der Waals surface area contributed by atoms with Gasteiger partial charge >= 0.3 is 0 Å². The first-order valence-electron chi connectivity index (χ1n) is 8.64. The smallest absolute Gasteiger partial charge is 0.249 e. The number of benzene rings is 3. The van der Waals surface area contributed by atoms with Crippen molar-refractivity contribution < 1.29 is 4.79 Å². The zero-order valence-corrected chi connectivity index (χ0v) is 16.0. The van der Waals surface area contributed by atoms with Crippen LogP contribution in [0.4, 0.5) is 11.4 Å². The fraction of sp³-hybridized carbons (Fsp3) is 0.0909. The number of nitrogens with zero attached hydrogens (tertiary/aromatic N) is 2. The van der Waals surface area contributed by atoms with Gasteiger partial charge in [0, 0.05) is 28.1 Å². The summed E-state index contributed by atoms with van der Waals surface area (Å²) >= 11 is 7.62. The number of rotatable bonds is 3. The summed E-state index contributed by atoms with van der Waals surface area (Å²) in [6, 6.07) is 27.6. The van der Waals surface area contributed by atoms with E-state index in [2.05, 4.69) is 4.99 Å². The maximum Gasteiger partial charge on any atom is 0.249 e. The highest BCUT2D eigenvalue weighted by Gasteiger charge is 2.29. The second-order valence-corrected chi connectivity index (χ2v) is 7.76. The molecule has 1 aliphatic rings. The van der Waals surface area contributed by atoms with Crippen LogP contribution < -0.4 is 4.90 Å². The van der Waals surface area contributed by atoms with Crippen molar-refractivity contribution in [2.75, 3.05) is 4.90 Å². The Labute approximate surface area is 167 Å². The van der Waals surface area contributed by atoms with Crippen molar-refractivity contribution >= 4 is 45.8 Å². The van der Waals surface area contributed by atoms with Crippen molar-refractivity contribution in [2.24, 2.45) is 4.99 Å². The summed E-state index contributed by atoms with van der Waals surface area (Å²) in [5.74, 6) is -0.111. The number of amides is 1. The topological polar surface area (TPSA) is 32.7 Å². The van der Waals surface area contributed by atoms with Gasteiger partial charge in [0.1, 0.15) is 0 Å². The second-order valence-electron chi connectivity index (χ2n) is 6.16. The van der Waals surface area contributed by atoms with E-state index in [4.69, 9.17) is 11.6 Å². The van der Waals surface area contributed by atoms with E-state index in [-0.39, 0.29) is 11.2 Å². The fourth-order valence-corrected chi connectivity index (χ4v) is 4.37. The van der Waals surface area contributed by atoms with Crippen molar-refractivity contribution in [1.82, 2.24) is 0 Å². The molecule has 4 rings (SSSR count). The number of aliphatic imine (C=N–C) groups is 1. The number of thioether (sulfide) groups is 1. The van der Waals surface area contributed by atoms with Crippen LogP contribution in [0.5, 0.6) is 0 Å². The molecule has 5 heteroatoms. The predicted octanol–water partition coefficient (Wildman–Crippen LogP) is 6.24. The summed E-state index contributed by atoms with van der Waals surface area (Å²) in [6.07, 6.45) is 0.382. The maximum absolute atomic E-state index is 12.4. The molecule has 3 aromatic carbocycles. The minimum atomic E-state index is -0.111. The van der Waals surface area contributed by atoms with Crippen LogP contribution in [0, 0.1) is 0 Å². The van der Waals surface area contributed by atoms with Crippen LogP contribution in [0.25, 0.3) is 0 Å². The number of hydrogen-bond acceptors (Lipinski definition) is 3. The molecule has 134 valence electrons. The molecule has 0 saturated carbocycles. The molecule has 0 aromatic heterocycles. The Morgan fingerprint density at radius 1 is 0.852 bits per heavy atom. The van der Waals surface area contributed by atoms with Crippen molar-refractivity contribution in [1.29, 1.82) is 0 Å². The molecular weight excluding hydrogens is 376 g/mol. The Balaban J connectivity index is 1.73. The number of carbonyl (C=O) groups excluding carboxylic acids is 1. The lowest BCUT2D eigenvalue weighted by molar-refractivity contribution is -0.117. The van der Waals surface area contributed by atoms with Crippen LogP contribution in [0.2, 0.25) is 5.02 Å². The average molecular weight is 393 g/mol. The number of amidine groups is 1. The van der Waals surface area contributed by atoms with Gasteiger partial charge in [-0.3, -0.25) is 9.69 Å². The van der Waals surface area contributed by atoms with Gasteiger partial charge in [0.25, 0.3) is 0 Å². The summed E-state index contributed by atoms with van der Waals surface area (Å²) in [7, 11) is 0. The molecule has 0 spiro atoms. The second kappa shape index (κ2) is 7.99. The largest absolute Gasteiger partial charge is 0.289 e. The van der Waals surface area contributed by atoms with Crippen LogP contribution in [0.3, 0.4) is 0 Å². The van der Waals surface area contributed by atoms with E-state index in [1.807, 2.05) is 89.8 Å². The molecule has 0 unspecified atom stereocenters. The number of para-hydroxylation sites is 2. The van der Waals surface area contributed by atoms with Crippen molar-refractivity contribution in [3.05, 3.63) is 95.5 Å². The lowest BCUT2D eigenvalue weighted by atomic mass is 10.1. The van der Waals surface area contributed by atoms with E-state index in [1.165, 1.54) is 0 Å². The molecule has 0 saturated heterocycles. The summed E-state index contributed by atoms with van der Waals surface area (Å²) < 4.78 is 0. The van der Waals surface area contributed by atoms with E-state index in [0.29, 0.717) is 16.6 Å². The quantitative estimate of drug-likeness (QED) is 0.529. The van der Waals surface area contributed by atoms with Gasteiger partial charge in [0.15, 0.2) is 5.17 Å². The molecule has 3 nitrogen and oxygen atoms in total. The van der Waals surface area contributed by atoms with E-state index < -0.39 is 0 Å². The maximum atomic E-state index is 12.4. The van der Waals surface area contributed by atoms with Crippen LogP contribution in [0.15, 0.2) is 89.9 Å². The third-order valence-corrected chi connectivity index (χ3v) is 5.75. The summed E-state index contributed by atoms with van der Waals surface area (Å²) in [5.41, 5.74) is 3.02. The minimum Gasteiger partial charge on any atom is -0.289 e. The van der Waals surface area contributed by atoms with E-state index in [9.17, 15) is 4.79 Å². The highest BCUT2D eigenvalue weighted by Crippen LogP contribution is 2.41. The summed E-state index contributed by atoms with van der Waals surface area (Å²) in [6.45, 7) is 0. The van der Waals surface area contributed by atoms with Gasteiger partial charge in [0.05, 0.1) is 0 Å². The molecule has 1 amide bonds. The Morgan fingerprint density at radius 2 is 1.41 bits per heavy atom. The predicted molar refractivity (Wildman–Crippen MR) is 114 cm³/mol. The highest BCUT2D eigenvalue weighted by molar-refractivity contribution is 8.14. The van der Waals surface area contributed by atoms with E-state index in [1.54, 1.807) is 11.8 Å². The normalized spacial score (nSPS) is 16.7. The fourth-order valence-electron chi connectivity index (χ4n) is 3.00.